The molecule has 0 unspecified atom stereocenters. The number of benzene rings is 2. The smallest absolute Gasteiger partial charge is 0.407 e. The maximum absolute atomic E-state index is 11.9. The minimum Gasteiger partial charge on any atom is -0.480 e. The van der Waals surface area contributed by atoms with Gasteiger partial charge in [-0.15, -0.1) is 0 Å². The van der Waals surface area contributed by atoms with Gasteiger partial charge in [-0.1, -0.05) is 48.5 Å². The summed E-state index contributed by atoms with van der Waals surface area (Å²) >= 11 is 0. The van der Waals surface area contributed by atoms with Crippen molar-refractivity contribution >= 4 is 21.9 Å². The number of nitrogens with one attached hydrogen (secondary N) is 1. The Morgan fingerprint density at radius 2 is 1.56 bits per heavy atom. The number of carboxylic acids is 1. The molecular formula is C19H19NO6S. The Balaban J connectivity index is 1.57. The lowest BCUT2D eigenvalue weighted by Crippen LogP contribution is -2.32. The zero-order valence-corrected chi connectivity index (χ0v) is 15.2. The van der Waals surface area contributed by atoms with Gasteiger partial charge in [0.15, 0.2) is 9.84 Å². The lowest BCUT2D eigenvalue weighted by atomic mass is 9.98. The number of carbonyl (C=O) groups is 2. The molecule has 0 fully saturated rings. The largest absolute Gasteiger partial charge is 0.480 e. The van der Waals surface area contributed by atoms with Gasteiger partial charge in [-0.05, 0) is 22.3 Å². The average Bonchev–Trinajstić information content (AvgIpc) is 2.93. The molecular weight excluding hydrogens is 370 g/mol. The third-order valence-corrected chi connectivity index (χ3v) is 5.88. The van der Waals surface area contributed by atoms with Crippen molar-refractivity contribution in [2.75, 3.05) is 24.7 Å². The number of carbonyl (C=O) groups excluding carboxylic acids is 1. The van der Waals surface area contributed by atoms with E-state index in [0.29, 0.717) is 0 Å². The second kappa shape index (κ2) is 7.79. The van der Waals surface area contributed by atoms with Gasteiger partial charge in [0.2, 0.25) is 0 Å². The molecule has 0 saturated heterocycles. The van der Waals surface area contributed by atoms with Crippen molar-refractivity contribution in [2.24, 2.45) is 0 Å². The van der Waals surface area contributed by atoms with Gasteiger partial charge in [0.1, 0.15) is 12.4 Å². The number of rotatable bonds is 7. The number of hydrogen-bond donors (Lipinski definition) is 2. The highest BCUT2D eigenvalue weighted by molar-refractivity contribution is 7.92. The first-order valence-electron chi connectivity index (χ1n) is 8.38. The molecule has 8 heteroatoms. The molecule has 0 radical (unpaired) electrons. The minimum atomic E-state index is -3.76. The molecule has 1 amide bonds. The molecule has 1 aliphatic rings. The van der Waals surface area contributed by atoms with Crippen LogP contribution in [0.3, 0.4) is 0 Å². The van der Waals surface area contributed by atoms with Gasteiger partial charge in [-0.2, -0.15) is 0 Å². The van der Waals surface area contributed by atoms with Gasteiger partial charge in [0.05, 0.1) is 5.75 Å². The topological polar surface area (TPSA) is 110 Å². The van der Waals surface area contributed by atoms with E-state index >= 15 is 0 Å². The summed E-state index contributed by atoms with van der Waals surface area (Å²) in [4.78, 5) is 22.4. The Morgan fingerprint density at radius 1 is 1.00 bits per heavy atom. The Bertz CT molecular complexity index is 924. The molecule has 0 spiro atoms. The summed E-state index contributed by atoms with van der Waals surface area (Å²) in [6, 6.07) is 15.9. The average molecular weight is 389 g/mol. The van der Waals surface area contributed by atoms with Crippen molar-refractivity contribution in [3.63, 3.8) is 0 Å². The quantitative estimate of drug-likeness (QED) is 0.750. The molecule has 2 aromatic carbocycles. The van der Waals surface area contributed by atoms with Crippen LogP contribution in [-0.4, -0.2) is 50.2 Å². The van der Waals surface area contributed by atoms with Crippen LogP contribution in [0.15, 0.2) is 48.5 Å². The van der Waals surface area contributed by atoms with Crippen molar-refractivity contribution in [1.29, 1.82) is 0 Å². The van der Waals surface area contributed by atoms with Gasteiger partial charge in [-0.3, -0.25) is 4.79 Å². The second-order valence-electron chi connectivity index (χ2n) is 6.24. The molecule has 2 aromatic rings. The normalized spacial score (nSPS) is 12.9. The van der Waals surface area contributed by atoms with E-state index in [9.17, 15) is 18.0 Å². The highest BCUT2D eigenvalue weighted by Gasteiger charge is 2.29. The monoisotopic (exact) mass is 389 g/mol. The van der Waals surface area contributed by atoms with E-state index in [1.165, 1.54) is 0 Å². The first kappa shape index (κ1) is 18.9. The second-order valence-corrected chi connectivity index (χ2v) is 8.42. The highest BCUT2D eigenvalue weighted by Crippen LogP contribution is 2.44. The molecule has 27 heavy (non-hydrogen) atoms. The van der Waals surface area contributed by atoms with E-state index in [-0.39, 0.29) is 19.1 Å². The van der Waals surface area contributed by atoms with Crippen molar-refractivity contribution in [1.82, 2.24) is 5.32 Å². The van der Waals surface area contributed by atoms with Crippen molar-refractivity contribution in [3.8, 4) is 11.1 Å². The summed E-state index contributed by atoms with van der Waals surface area (Å²) < 4.78 is 28.3. The van der Waals surface area contributed by atoms with Gasteiger partial charge >= 0.3 is 12.1 Å². The minimum absolute atomic E-state index is 0.0844. The zero-order valence-electron chi connectivity index (χ0n) is 14.4. The number of amides is 1. The number of ether oxygens (including phenoxy) is 1. The summed E-state index contributed by atoms with van der Waals surface area (Å²) in [5.74, 6) is -2.92. The van der Waals surface area contributed by atoms with E-state index in [1.54, 1.807) is 0 Å². The maximum Gasteiger partial charge on any atom is 0.407 e. The van der Waals surface area contributed by atoms with Crippen LogP contribution < -0.4 is 5.32 Å². The Labute approximate surface area is 156 Å². The van der Waals surface area contributed by atoms with Gasteiger partial charge < -0.3 is 15.2 Å². The van der Waals surface area contributed by atoms with Crippen molar-refractivity contribution in [3.05, 3.63) is 59.7 Å². The van der Waals surface area contributed by atoms with Crippen LogP contribution in [-0.2, 0) is 19.4 Å². The molecule has 1 aliphatic carbocycles. The van der Waals surface area contributed by atoms with Crippen LogP contribution in [0.4, 0.5) is 4.79 Å². The third kappa shape index (κ3) is 4.46. The molecule has 142 valence electrons. The summed E-state index contributed by atoms with van der Waals surface area (Å²) in [5.41, 5.74) is 4.38. The summed E-state index contributed by atoms with van der Waals surface area (Å²) in [6.07, 6.45) is -0.734. The summed E-state index contributed by atoms with van der Waals surface area (Å²) in [7, 11) is -3.76. The molecule has 0 aliphatic heterocycles. The summed E-state index contributed by atoms with van der Waals surface area (Å²) in [6.45, 7) is -0.0754. The molecule has 0 heterocycles. The van der Waals surface area contributed by atoms with E-state index in [0.717, 1.165) is 22.3 Å². The van der Waals surface area contributed by atoms with Crippen LogP contribution in [0.5, 0.6) is 0 Å². The standard InChI is InChI=1S/C19H19NO6S/c21-18(22)12-27(24,25)10-9-20-19(23)26-11-17-15-7-3-1-5-13(15)14-6-2-4-8-16(14)17/h1-8,17H,9-12H2,(H,20,23)(H,21,22). The number of carboxylic acid groups (broad SMARTS) is 1. The highest BCUT2D eigenvalue weighted by atomic mass is 32.2. The van der Waals surface area contributed by atoms with Crippen molar-refractivity contribution < 1.29 is 27.9 Å². The molecule has 3 rings (SSSR count). The van der Waals surface area contributed by atoms with E-state index in [2.05, 4.69) is 5.32 Å². The van der Waals surface area contributed by atoms with Crippen molar-refractivity contribution in [2.45, 2.75) is 5.92 Å². The van der Waals surface area contributed by atoms with Crippen LogP contribution in [0, 0.1) is 0 Å². The van der Waals surface area contributed by atoms with Crippen LogP contribution in [0.1, 0.15) is 17.0 Å². The third-order valence-electron chi connectivity index (χ3n) is 4.37. The molecule has 0 saturated carbocycles. The predicted molar refractivity (Wildman–Crippen MR) is 99.4 cm³/mol. The number of aliphatic carboxylic acids is 1. The summed E-state index contributed by atoms with van der Waals surface area (Å²) in [5, 5.41) is 10.9. The van der Waals surface area contributed by atoms with Gasteiger partial charge in [-0.25, -0.2) is 13.2 Å². The molecule has 0 atom stereocenters. The van der Waals surface area contributed by atoms with Gasteiger partial charge in [0, 0.05) is 12.5 Å². The fraction of sp³-hybridized carbons (Fsp3) is 0.263. The Morgan fingerprint density at radius 3 is 2.11 bits per heavy atom. The van der Waals surface area contributed by atoms with E-state index < -0.39 is 33.4 Å². The lowest BCUT2D eigenvalue weighted by Gasteiger charge is -2.14. The SMILES string of the molecule is O=C(O)CS(=O)(=O)CCNC(=O)OCC1c2ccccc2-c2ccccc21. The number of sulfone groups is 1. The Kier molecular flexibility index (Phi) is 5.46. The maximum atomic E-state index is 11.9. The molecule has 0 aromatic heterocycles. The van der Waals surface area contributed by atoms with Crippen LogP contribution in [0.2, 0.25) is 0 Å². The number of hydrogen-bond acceptors (Lipinski definition) is 5. The zero-order chi connectivity index (χ0) is 19.4. The van der Waals surface area contributed by atoms with Crippen LogP contribution >= 0.6 is 0 Å². The first-order valence-corrected chi connectivity index (χ1v) is 10.2. The predicted octanol–water partition coefficient (Wildman–Crippen LogP) is 2.02. The van der Waals surface area contributed by atoms with Gasteiger partial charge in [0.25, 0.3) is 0 Å². The molecule has 7 nitrogen and oxygen atoms in total. The molecule has 0 bridgehead atoms. The van der Waals surface area contributed by atoms with E-state index in [1.807, 2.05) is 48.5 Å². The first-order chi connectivity index (χ1) is 12.9. The fourth-order valence-electron chi connectivity index (χ4n) is 3.22. The lowest BCUT2D eigenvalue weighted by molar-refractivity contribution is -0.134. The number of fused-ring (bicyclic) bond motifs is 3. The number of alkyl carbamates (subject to hydrolysis) is 1. The molecule has 2 N–H and O–H groups in total. The Hall–Kier alpha value is -2.87. The fourth-order valence-corrected chi connectivity index (χ4v) is 4.15. The van der Waals surface area contributed by atoms with Crippen LogP contribution in [0.25, 0.3) is 11.1 Å². The van der Waals surface area contributed by atoms with E-state index in [4.69, 9.17) is 9.84 Å².